The number of carbonyl (C=O) groups is 1. The molecule has 1 fully saturated rings. The molecule has 0 bridgehead atoms. The van der Waals surface area contributed by atoms with Crippen LogP contribution in [0.1, 0.15) is 47.9 Å². The number of hydrogen-bond acceptors (Lipinski definition) is 6. The summed E-state index contributed by atoms with van der Waals surface area (Å²) in [4.78, 5) is 23.2. The maximum absolute atomic E-state index is 13.2. The van der Waals surface area contributed by atoms with Crippen LogP contribution in [0, 0.1) is 0 Å². The maximum atomic E-state index is 13.2. The van der Waals surface area contributed by atoms with Crippen molar-refractivity contribution >= 4 is 5.91 Å². The molecule has 1 aromatic carbocycles. The van der Waals surface area contributed by atoms with Gasteiger partial charge in [0, 0.05) is 24.5 Å². The first-order chi connectivity index (χ1) is 13.3. The zero-order valence-electron chi connectivity index (χ0n) is 14.8. The Morgan fingerprint density at radius 2 is 2.00 bits per heavy atom. The minimum absolute atomic E-state index is 0.0492. The van der Waals surface area contributed by atoms with Crippen molar-refractivity contribution in [3.63, 3.8) is 0 Å². The number of pyridine rings is 1. The molecule has 138 valence electrons. The number of nitrogens with zero attached hydrogens (tertiary/aromatic N) is 4. The molecule has 2 aromatic heterocycles. The van der Waals surface area contributed by atoms with Crippen molar-refractivity contribution < 1.29 is 14.1 Å². The van der Waals surface area contributed by atoms with Crippen LogP contribution in [0.4, 0.5) is 0 Å². The molecule has 27 heavy (non-hydrogen) atoms. The molecule has 7 nitrogen and oxygen atoms in total. The standard InChI is InChI=1S/C20H20N4O3/c25-20(24-12-3-1-2-7-18(24)19-22-14-26-23-19)15-5-4-6-17(13-15)27-16-8-10-21-11-9-16/h4-6,8-11,13-14,18H,1-3,7,12H2. The molecule has 1 amide bonds. The van der Waals surface area contributed by atoms with Gasteiger partial charge >= 0.3 is 0 Å². The highest BCUT2D eigenvalue weighted by molar-refractivity contribution is 5.94. The normalized spacial score (nSPS) is 17.3. The molecule has 0 radical (unpaired) electrons. The Balaban J connectivity index is 1.58. The summed E-state index contributed by atoms with van der Waals surface area (Å²) >= 11 is 0. The van der Waals surface area contributed by atoms with E-state index in [0.717, 1.165) is 25.7 Å². The molecule has 0 saturated carbocycles. The minimum Gasteiger partial charge on any atom is -0.457 e. The Labute approximate surface area is 157 Å². The van der Waals surface area contributed by atoms with E-state index < -0.39 is 0 Å². The number of rotatable bonds is 4. The summed E-state index contributed by atoms with van der Waals surface area (Å²) in [5, 5.41) is 3.97. The molecule has 0 spiro atoms. The van der Waals surface area contributed by atoms with E-state index in [4.69, 9.17) is 9.26 Å². The highest BCUT2D eigenvalue weighted by atomic mass is 16.5. The molecular formula is C20H20N4O3. The molecule has 1 saturated heterocycles. The average Bonchev–Trinajstić information content (AvgIpc) is 3.13. The van der Waals surface area contributed by atoms with Gasteiger partial charge in [0.15, 0.2) is 5.82 Å². The van der Waals surface area contributed by atoms with Crippen molar-refractivity contribution in [3.8, 4) is 11.5 Å². The van der Waals surface area contributed by atoms with Gasteiger partial charge in [0.05, 0.1) is 6.04 Å². The number of amides is 1. The van der Waals surface area contributed by atoms with Crippen molar-refractivity contribution in [1.82, 2.24) is 20.0 Å². The Bertz CT molecular complexity index is 883. The molecule has 1 aliphatic heterocycles. The molecule has 1 atom stereocenters. The summed E-state index contributed by atoms with van der Waals surface area (Å²) in [5.41, 5.74) is 0.581. The van der Waals surface area contributed by atoms with Crippen LogP contribution >= 0.6 is 0 Å². The van der Waals surface area contributed by atoms with E-state index in [1.54, 1.807) is 36.7 Å². The van der Waals surface area contributed by atoms with Crippen LogP contribution < -0.4 is 4.74 Å². The van der Waals surface area contributed by atoms with Crippen molar-refractivity contribution in [2.45, 2.75) is 31.7 Å². The van der Waals surface area contributed by atoms with Crippen molar-refractivity contribution in [3.05, 3.63) is 66.6 Å². The van der Waals surface area contributed by atoms with Gasteiger partial charge in [-0.3, -0.25) is 9.78 Å². The van der Waals surface area contributed by atoms with Gasteiger partial charge in [-0.2, -0.15) is 4.98 Å². The van der Waals surface area contributed by atoms with Gasteiger partial charge < -0.3 is 14.2 Å². The topological polar surface area (TPSA) is 81.4 Å². The van der Waals surface area contributed by atoms with Crippen LogP contribution in [0.25, 0.3) is 0 Å². The number of carbonyl (C=O) groups excluding carboxylic acids is 1. The van der Waals surface area contributed by atoms with E-state index >= 15 is 0 Å². The predicted octanol–water partition coefficient (Wildman–Crippen LogP) is 4.01. The SMILES string of the molecule is O=C(c1cccc(Oc2ccncc2)c1)N1CCCCCC1c1ncon1. The van der Waals surface area contributed by atoms with Gasteiger partial charge in [0.2, 0.25) is 6.39 Å². The first kappa shape index (κ1) is 17.2. The third-order valence-corrected chi connectivity index (χ3v) is 4.66. The summed E-state index contributed by atoms with van der Waals surface area (Å²) in [6.07, 6.45) is 8.56. The summed E-state index contributed by atoms with van der Waals surface area (Å²) in [6.45, 7) is 0.674. The lowest BCUT2D eigenvalue weighted by Crippen LogP contribution is -2.35. The third kappa shape index (κ3) is 3.97. The van der Waals surface area contributed by atoms with Crippen molar-refractivity contribution in [2.24, 2.45) is 0 Å². The van der Waals surface area contributed by atoms with E-state index in [9.17, 15) is 4.79 Å². The molecule has 1 unspecified atom stereocenters. The largest absolute Gasteiger partial charge is 0.457 e. The smallest absolute Gasteiger partial charge is 0.254 e. The molecular weight excluding hydrogens is 344 g/mol. The zero-order chi connectivity index (χ0) is 18.5. The number of hydrogen-bond donors (Lipinski definition) is 0. The van der Waals surface area contributed by atoms with E-state index in [-0.39, 0.29) is 11.9 Å². The summed E-state index contributed by atoms with van der Waals surface area (Å²) in [7, 11) is 0. The molecule has 0 aliphatic carbocycles. The van der Waals surface area contributed by atoms with Crippen LogP contribution in [0.15, 0.2) is 59.7 Å². The van der Waals surface area contributed by atoms with Gasteiger partial charge in [-0.15, -0.1) is 0 Å². The molecule has 0 N–H and O–H groups in total. The Morgan fingerprint density at radius 3 is 2.81 bits per heavy atom. The summed E-state index contributed by atoms with van der Waals surface area (Å²) in [6, 6.07) is 10.6. The number of aromatic nitrogens is 3. The van der Waals surface area contributed by atoms with Gasteiger partial charge in [-0.1, -0.05) is 24.1 Å². The lowest BCUT2D eigenvalue weighted by molar-refractivity contribution is 0.0670. The fourth-order valence-electron chi connectivity index (χ4n) is 3.35. The second-order valence-electron chi connectivity index (χ2n) is 6.47. The van der Waals surface area contributed by atoms with E-state index in [0.29, 0.717) is 29.4 Å². The van der Waals surface area contributed by atoms with Gasteiger partial charge in [-0.25, -0.2) is 0 Å². The van der Waals surface area contributed by atoms with Crippen LogP contribution in [0.2, 0.25) is 0 Å². The molecule has 3 heterocycles. The Hall–Kier alpha value is -3.22. The summed E-state index contributed by atoms with van der Waals surface area (Å²) in [5.74, 6) is 1.80. The Kier molecular flexibility index (Phi) is 5.09. The van der Waals surface area contributed by atoms with Gasteiger partial charge in [0.25, 0.3) is 5.91 Å². The van der Waals surface area contributed by atoms with E-state index in [1.807, 2.05) is 17.0 Å². The third-order valence-electron chi connectivity index (χ3n) is 4.66. The zero-order valence-corrected chi connectivity index (χ0v) is 14.8. The van der Waals surface area contributed by atoms with Crippen molar-refractivity contribution in [2.75, 3.05) is 6.54 Å². The predicted molar refractivity (Wildman–Crippen MR) is 97.3 cm³/mol. The van der Waals surface area contributed by atoms with Crippen molar-refractivity contribution in [1.29, 1.82) is 0 Å². The quantitative estimate of drug-likeness (QED) is 0.696. The highest BCUT2D eigenvalue weighted by Crippen LogP contribution is 2.30. The van der Waals surface area contributed by atoms with Gasteiger partial charge in [-0.05, 0) is 43.2 Å². The molecule has 3 aromatic rings. The second kappa shape index (κ2) is 7.99. The van der Waals surface area contributed by atoms with Crippen LogP contribution in [0.3, 0.4) is 0 Å². The van der Waals surface area contributed by atoms with Crippen LogP contribution in [0.5, 0.6) is 11.5 Å². The van der Waals surface area contributed by atoms with Gasteiger partial charge in [0.1, 0.15) is 11.5 Å². The molecule has 7 heteroatoms. The summed E-state index contributed by atoms with van der Waals surface area (Å²) < 4.78 is 10.7. The monoisotopic (exact) mass is 364 g/mol. The first-order valence-electron chi connectivity index (χ1n) is 9.06. The fraction of sp³-hybridized carbons (Fsp3) is 0.300. The molecule has 4 rings (SSSR count). The lowest BCUT2D eigenvalue weighted by atomic mass is 10.1. The van der Waals surface area contributed by atoms with E-state index in [2.05, 4.69) is 15.1 Å². The Morgan fingerprint density at radius 1 is 1.11 bits per heavy atom. The number of ether oxygens (including phenoxy) is 1. The van der Waals surface area contributed by atoms with E-state index in [1.165, 1.54) is 6.39 Å². The first-order valence-corrected chi connectivity index (χ1v) is 9.06. The number of benzene rings is 1. The second-order valence-corrected chi connectivity index (χ2v) is 6.47. The van der Waals surface area contributed by atoms with Crippen LogP contribution in [-0.2, 0) is 0 Å². The minimum atomic E-state index is -0.163. The highest BCUT2D eigenvalue weighted by Gasteiger charge is 2.30. The van der Waals surface area contributed by atoms with Crippen LogP contribution in [-0.4, -0.2) is 32.5 Å². The fourth-order valence-corrected chi connectivity index (χ4v) is 3.35. The molecule has 1 aliphatic rings. The number of likely N-dealkylation sites (tertiary alicyclic amines) is 1. The average molecular weight is 364 g/mol. The maximum Gasteiger partial charge on any atom is 0.254 e. The lowest BCUT2D eigenvalue weighted by Gasteiger charge is -2.28.